The van der Waals surface area contributed by atoms with Crippen molar-refractivity contribution in [2.45, 2.75) is 24.1 Å². The predicted molar refractivity (Wildman–Crippen MR) is 93.2 cm³/mol. The van der Waals surface area contributed by atoms with Crippen LogP contribution >= 0.6 is 0 Å². The first kappa shape index (κ1) is 21.5. The molecule has 0 bridgehead atoms. The van der Waals surface area contributed by atoms with E-state index in [0.717, 1.165) is 4.90 Å². The number of aliphatic hydroxyl groups is 1. The highest BCUT2D eigenvalue weighted by atomic mass is 19.4. The third-order valence-electron chi connectivity index (χ3n) is 5.60. The number of hydrogen-bond acceptors (Lipinski definition) is 4. The fraction of sp³-hybridized carbons (Fsp3) is 0.474. The number of nitrogens with zero attached hydrogens (tertiary/aromatic N) is 3. The second-order valence-corrected chi connectivity index (χ2v) is 7.64. The summed E-state index contributed by atoms with van der Waals surface area (Å²) >= 11 is 0. The van der Waals surface area contributed by atoms with E-state index in [1.54, 1.807) is 29.1 Å². The summed E-state index contributed by atoms with van der Waals surface area (Å²) in [6.07, 6.45) is -9.07. The van der Waals surface area contributed by atoms with Gasteiger partial charge < -0.3 is 14.7 Å². The number of hydrogen-bond donors (Lipinski definition) is 1. The van der Waals surface area contributed by atoms with E-state index in [-0.39, 0.29) is 36.7 Å². The fourth-order valence-electron chi connectivity index (χ4n) is 4.02. The summed E-state index contributed by atoms with van der Waals surface area (Å²) in [6, 6.07) is 7.45. The van der Waals surface area contributed by atoms with Crippen LogP contribution in [0, 0.1) is 17.7 Å². The molecule has 1 unspecified atom stereocenters. The number of halogens is 6. The van der Waals surface area contributed by atoms with Gasteiger partial charge in [0, 0.05) is 25.2 Å². The molecule has 1 amide bonds. The molecule has 31 heavy (non-hydrogen) atoms. The summed E-state index contributed by atoms with van der Waals surface area (Å²) < 4.78 is 84.0. The number of rotatable bonds is 5. The molecule has 2 aliphatic rings. The van der Waals surface area contributed by atoms with E-state index < -0.39 is 30.9 Å². The van der Waals surface area contributed by atoms with E-state index in [9.17, 15) is 31.1 Å². The van der Waals surface area contributed by atoms with Gasteiger partial charge in [-0.25, -0.2) is 13.9 Å². The Balaban J connectivity index is 1.37. The minimum atomic E-state index is -5.53. The summed E-state index contributed by atoms with van der Waals surface area (Å²) in [5.74, 6) is -5.21. The van der Waals surface area contributed by atoms with Crippen LogP contribution in [0.5, 0.6) is 0 Å². The van der Waals surface area contributed by atoms with Crippen molar-refractivity contribution in [2.24, 2.45) is 11.8 Å². The van der Waals surface area contributed by atoms with Crippen LogP contribution in [0.4, 0.5) is 31.1 Å². The second-order valence-electron chi connectivity index (χ2n) is 7.64. The Morgan fingerprint density at radius 2 is 1.74 bits per heavy atom. The van der Waals surface area contributed by atoms with E-state index in [1.807, 2.05) is 0 Å². The van der Waals surface area contributed by atoms with Crippen LogP contribution < -0.4 is 0 Å². The molecule has 1 saturated carbocycles. The van der Waals surface area contributed by atoms with Crippen molar-refractivity contribution in [3.63, 3.8) is 0 Å². The number of fused-ring (bicyclic) bond motifs is 1. The molecule has 1 aliphatic carbocycles. The maximum atomic E-state index is 13.4. The lowest BCUT2D eigenvalue weighted by molar-refractivity contribution is -0.276. The number of alkyl halides is 5. The minimum absolute atomic E-state index is 0.0250. The third-order valence-corrected chi connectivity index (χ3v) is 5.60. The highest BCUT2D eigenvalue weighted by molar-refractivity contribution is 5.69. The summed E-state index contributed by atoms with van der Waals surface area (Å²) in [5, 5.41) is 13.0. The SMILES string of the molecule is O=C(OC(C(F)(F)F)C(F)(F)CO)N1C[C@@H]2[C@H](C1)[C@H]2c1ccn(-c2ccc(F)cc2)n1. The van der Waals surface area contributed by atoms with E-state index in [2.05, 4.69) is 9.84 Å². The second kappa shape index (κ2) is 7.43. The fourth-order valence-corrected chi connectivity index (χ4v) is 4.02. The molecule has 1 aliphatic heterocycles. The molecule has 1 aromatic carbocycles. The van der Waals surface area contributed by atoms with Gasteiger partial charge >= 0.3 is 18.2 Å². The van der Waals surface area contributed by atoms with Crippen molar-refractivity contribution in [1.82, 2.24) is 14.7 Å². The molecule has 1 N–H and O–H groups in total. The van der Waals surface area contributed by atoms with Crippen molar-refractivity contribution in [2.75, 3.05) is 19.7 Å². The van der Waals surface area contributed by atoms with Gasteiger partial charge in [0.15, 0.2) is 0 Å². The highest BCUT2D eigenvalue weighted by Crippen LogP contribution is 2.58. The Bertz CT molecular complexity index is 950. The summed E-state index contributed by atoms with van der Waals surface area (Å²) in [4.78, 5) is 13.0. The summed E-state index contributed by atoms with van der Waals surface area (Å²) in [6.45, 7) is -2.01. The van der Waals surface area contributed by atoms with E-state index in [0.29, 0.717) is 11.4 Å². The topological polar surface area (TPSA) is 67.6 Å². The molecule has 4 rings (SSSR count). The number of benzene rings is 1. The first-order chi connectivity index (χ1) is 14.5. The van der Waals surface area contributed by atoms with Gasteiger partial charge in [-0.2, -0.15) is 27.1 Å². The standard InChI is InChI=1S/C19H17F6N3O3/c20-10-1-3-11(4-2-10)28-6-5-14(26-28)15-12-7-27(8-13(12)15)17(30)31-16(19(23,24)25)18(21,22)9-29/h1-6,12-13,15-16,29H,7-9H2/t12-,13+,15+,16?. The molecule has 1 aromatic heterocycles. The zero-order valence-corrected chi connectivity index (χ0v) is 15.8. The molecule has 0 spiro atoms. The van der Waals surface area contributed by atoms with Crippen molar-refractivity contribution in [1.29, 1.82) is 0 Å². The van der Waals surface area contributed by atoms with E-state index >= 15 is 0 Å². The maximum Gasteiger partial charge on any atom is 0.431 e. The van der Waals surface area contributed by atoms with Crippen LogP contribution in [0.15, 0.2) is 36.5 Å². The van der Waals surface area contributed by atoms with Gasteiger partial charge in [-0.15, -0.1) is 0 Å². The number of likely N-dealkylation sites (tertiary alicyclic amines) is 1. The predicted octanol–water partition coefficient (Wildman–Crippen LogP) is 3.35. The minimum Gasteiger partial charge on any atom is -0.430 e. The number of amides is 1. The normalized spacial score (nSPS) is 24.1. The number of piperidine rings is 1. The van der Waals surface area contributed by atoms with Crippen molar-refractivity contribution in [3.8, 4) is 5.69 Å². The van der Waals surface area contributed by atoms with Crippen LogP contribution in [-0.4, -0.2) is 63.8 Å². The Morgan fingerprint density at radius 3 is 2.29 bits per heavy atom. The van der Waals surface area contributed by atoms with Crippen LogP contribution in [0.25, 0.3) is 5.69 Å². The quantitative estimate of drug-likeness (QED) is 0.712. The van der Waals surface area contributed by atoms with Gasteiger partial charge in [0.2, 0.25) is 0 Å². The lowest BCUT2D eigenvalue weighted by Crippen LogP contribution is -2.51. The first-order valence-electron chi connectivity index (χ1n) is 9.33. The largest absolute Gasteiger partial charge is 0.431 e. The maximum absolute atomic E-state index is 13.4. The number of ether oxygens (including phenoxy) is 1. The average molecular weight is 449 g/mol. The van der Waals surface area contributed by atoms with E-state index in [1.165, 1.54) is 12.1 Å². The van der Waals surface area contributed by atoms with Crippen molar-refractivity contribution >= 4 is 6.09 Å². The van der Waals surface area contributed by atoms with Crippen LogP contribution in [-0.2, 0) is 4.74 Å². The van der Waals surface area contributed by atoms with Gasteiger partial charge in [-0.05, 0) is 42.2 Å². The number of carbonyl (C=O) groups excluding carboxylic acids is 1. The van der Waals surface area contributed by atoms with Gasteiger partial charge in [0.05, 0.1) is 11.4 Å². The molecule has 2 aromatic rings. The van der Waals surface area contributed by atoms with Crippen LogP contribution in [0.2, 0.25) is 0 Å². The molecule has 2 heterocycles. The number of aromatic nitrogens is 2. The molecule has 4 atom stereocenters. The van der Waals surface area contributed by atoms with Gasteiger partial charge in [0.1, 0.15) is 12.4 Å². The smallest absolute Gasteiger partial charge is 0.430 e. The molecule has 168 valence electrons. The van der Waals surface area contributed by atoms with Gasteiger partial charge in [-0.3, -0.25) is 0 Å². The van der Waals surface area contributed by atoms with Crippen LogP contribution in [0.3, 0.4) is 0 Å². The van der Waals surface area contributed by atoms with Gasteiger partial charge in [0.25, 0.3) is 6.10 Å². The summed E-state index contributed by atoms with van der Waals surface area (Å²) in [5.41, 5.74) is 1.36. The zero-order valence-electron chi connectivity index (χ0n) is 15.8. The van der Waals surface area contributed by atoms with E-state index in [4.69, 9.17) is 5.11 Å². The Hall–Kier alpha value is -2.76. The molecule has 6 nitrogen and oxygen atoms in total. The number of carbonyl (C=O) groups is 1. The Morgan fingerprint density at radius 1 is 1.13 bits per heavy atom. The molecule has 12 heteroatoms. The van der Waals surface area contributed by atoms with Gasteiger partial charge in [-0.1, -0.05) is 0 Å². The Kier molecular flexibility index (Phi) is 5.15. The highest BCUT2D eigenvalue weighted by Gasteiger charge is 2.61. The zero-order chi connectivity index (χ0) is 22.6. The molecule has 0 radical (unpaired) electrons. The molecule has 2 fully saturated rings. The Labute approximate surface area is 172 Å². The molecular formula is C19H17F6N3O3. The van der Waals surface area contributed by atoms with Crippen LogP contribution in [0.1, 0.15) is 11.6 Å². The number of aliphatic hydroxyl groups excluding tert-OH is 1. The van der Waals surface area contributed by atoms with Crippen molar-refractivity contribution in [3.05, 3.63) is 48.0 Å². The lowest BCUT2D eigenvalue weighted by atomic mass is 10.2. The lowest BCUT2D eigenvalue weighted by Gasteiger charge is -2.29. The summed E-state index contributed by atoms with van der Waals surface area (Å²) in [7, 11) is 0. The van der Waals surface area contributed by atoms with Crippen molar-refractivity contribution < 1.29 is 41.0 Å². The monoisotopic (exact) mass is 449 g/mol. The first-order valence-corrected chi connectivity index (χ1v) is 9.33. The molecule has 1 saturated heterocycles. The third kappa shape index (κ3) is 4.08. The average Bonchev–Trinajstić information content (AvgIpc) is 3.07. The molecular weight excluding hydrogens is 432 g/mol.